The molecule has 4 aliphatic rings. The highest BCUT2D eigenvalue weighted by Gasteiger charge is 2.65. The number of fused-ring (bicyclic) bond motifs is 3. The highest BCUT2D eigenvalue weighted by molar-refractivity contribution is 7.91. The van der Waals surface area contributed by atoms with Crippen LogP contribution in [0.5, 0.6) is 5.88 Å². The predicted molar refractivity (Wildman–Crippen MR) is 192 cm³/mol. The van der Waals surface area contributed by atoms with E-state index in [1.807, 2.05) is 19.1 Å². The summed E-state index contributed by atoms with van der Waals surface area (Å²) in [4.78, 5) is 66.6. The fourth-order valence-corrected chi connectivity index (χ4v) is 8.87. The molecule has 55 heavy (non-hydrogen) atoms. The number of aromatic nitrogens is 3. The van der Waals surface area contributed by atoms with E-state index in [1.54, 1.807) is 19.1 Å². The molecule has 2 aliphatic carbocycles. The summed E-state index contributed by atoms with van der Waals surface area (Å²) in [7, 11) is -4.18. The summed E-state index contributed by atoms with van der Waals surface area (Å²) in [6, 6.07) is 6.16. The highest BCUT2D eigenvalue weighted by atomic mass is 32.2. The van der Waals surface area contributed by atoms with E-state index in [0.717, 1.165) is 0 Å². The second-order valence-corrected chi connectivity index (χ2v) is 17.8. The van der Waals surface area contributed by atoms with Crippen molar-refractivity contribution >= 4 is 44.7 Å². The van der Waals surface area contributed by atoms with Crippen molar-refractivity contribution in [2.45, 2.75) is 126 Å². The summed E-state index contributed by atoms with van der Waals surface area (Å²) in [5.41, 5.74) is -0.240. The van der Waals surface area contributed by atoms with Crippen LogP contribution in [0.2, 0.25) is 0 Å². The van der Waals surface area contributed by atoms with E-state index in [9.17, 15) is 27.6 Å². The van der Waals surface area contributed by atoms with E-state index >= 15 is 8.78 Å². The first-order valence-electron chi connectivity index (χ1n) is 18.8. The minimum Gasteiger partial charge on any atom is -0.471 e. The zero-order chi connectivity index (χ0) is 39.3. The number of halogens is 2. The molecule has 4 heterocycles. The first-order chi connectivity index (χ1) is 26.0. The van der Waals surface area contributed by atoms with Gasteiger partial charge in [0.2, 0.25) is 33.6 Å². The van der Waals surface area contributed by atoms with E-state index in [1.165, 1.54) is 17.9 Å². The molecule has 2 saturated carbocycles. The molecule has 7 rings (SSSR count). The Morgan fingerprint density at radius 2 is 1.80 bits per heavy atom. The van der Waals surface area contributed by atoms with Gasteiger partial charge in [0, 0.05) is 25.3 Å². The van der Waals surface area contributed by atoms with Gasteiger partial charge in [-0.15, -0.1) is 0 Å². The van der Waals surface area contributed by atoms with Crippen molar-refractivity contribution in [2.75, 3.05) is 6.54 Å². The van der Waals surface area contributed by atoms with Gasteiger partial charge in [0.05, 0.1) is 22.3 Å². The van der Waals surface area contributed by atoms with Crippen LogP contribution < -0.4 is 20.1 Å². The number of benzene rings is 1. The van der Waals surface area contributed by atoms with E-state index < -0.39 is 86.8 Å². The van der Waals surface area contributed by atoms with Gasteiger partial charge in [-0.25, -0.2) is 27.2 Å². The third kappa shape index (κ3) is 7.87. The Bertz CT molecular complexity index is 2130. The Morgan fingerprint density at radius 1 is 1.07 bits per heavy atom. The van der Waals surface area contributed by atoms with Crippen LogP contribution in [0.1, 0.15) is 100.0 Å². The molecule has 5 atom stereocenters. The molecule has 1 aromatic carbocycles. The molecule has 0 radical (unpaired) electrons. The normalized spacial score (nSPS) is 27.8. The fraction of sp³-hybridized carbons (Fsp3) is 0.595. The number of aryl methyl sites for hydroxylation is 2. The van der Waals surface area contributed by atoms with E-state index in [2.05, 4.69) is 30.5 Å². The maximum absolute atomic E-state index is 15.4. The number of nitrogens with one attached hydrogen (secondary N) is 3. The Kier molecular flexibility index (Phi) is 10.1. The van der Waals surface area contributed by atoms with E-state index in [0.29, 0.717) is 54.6 Å². The minimum atomic E-state index is -4.18. The Morgan fingerprint density at radius 3 is 2.47 bits per heavy atom. The molecule has 2 saturated heterocycles. The monoisotopic (exact) mass is 785 g/mol. The third-order valence-corrected chi connectivity index (χ3v) is 13.5. The minimum absolute atomic E-state index is 0.0672. The molecule has 4 fully saturated rings. The van der Waals surface area contributed by atoms with Crippen LogP contribution in [-0.4, -0.2) is 93.0 Å². The van der Waals surface area contributed by atoms with Crippen molar-refractivity contribution < 1.29 is 45.6 Å². The first kappa shape index (κ1) is 38.5. The fourth-order valence-electron chi connectivity index (χ4n) is 7.56. The van der Waals surface area contributed by atoms with Crippen molar-refractivity contribution in [2.24, 2.45) is 5.92 Å². The molecule has 3 N–H and O–H groups in total. The van der Waals surface area contributed by atoms with Gasteiger partial charge in [-0.2, -0.15) is 0 Å². The van der Waals surface area contributed by atoms with Gasteiger partial charge < -0.3 is 24.8 Å². The number of ether oxygens (including phenoxy) is 1. The lowest BCUT2D eigenvalue weighted by molar-refractivity contribution is -0.141. The lowest BCUT2D eigenvalue weighted by atomic mass is 10.00. The molecule has 2 aliphatic heterocycles. The van der Waals surface area contributed by atoms with Crippen molar-refractivity contribution in [3.05, 3.63) is 47.5 Å². The average molecular weight is 786 g/mol. The summed E-state index contributed by atoms with van der Waals surface area (Å²) in [5.74, 6) is -6.96. The number of carbonyl (C=O) groups is 4. The topological polar surface area (TPSA) is 203 Å². The molecule has 296 valence electrons. The van der Waals surface area contributed by atoms with E-state index in [-0.39, 0.29) is 43.8 Å². The van der Waals surface area contributed by atoms with Crippen LogP contribution in [0, 0.1) is 12.8 Å². The summed E-state index contributed by atoms with van der Waals surface area (Å²) in [5, 5.41) is 9.08. The Balaban J connectivity index is 1.22. The molecule has 0 bridgehead atoms. The molecular weight excluding hydrogens is 741 g/mol. The van der Waals surface area contributed by atoms with Crippen molar-refractivity contribution in [1.29, 1.82) is 0 Å². The molecule has 0 spiro atoms. The maximum atomic E-state index is 15.4. The molecule has 4 amide bonds. The maximum Gasteiger partial charge on any atom is 0.274 e. The summed E-state index contributed by atoms with van der Waals surface area (Å²) in [6.07, 6.45) is -0.489. The van der Waals surface area contributed by atoms with Crippen LogP contribution >= 0.6 is 0 Å². The zero-order valence-electron chi connectivity index (χ0n) is 30.9. The van der Waals surface area contributed by atoms with E-state index in [4.69, 9.17) is 9.26 Å². The van der Waals surface area contributed by atoms with Crippen LogP contribution in [0.4, 0.5) is 8.78 Å². The summed E-state index contributed by atoms with van der Waals surface area (Å²) in [6.45, 7) is 4.84. The second kappa shape index (κ2) is 14.4. The molecule has 15 nitrogen and oxygen atoms in total. The van der Waals surface area contributed by atoms with Gasteiger partial charge in [-0.1, -0.05) is 37.1 Å². The molecular formula is C37H45F2N7O8S. The van der Waals surface area contributed by atoms with Crippen LogP contribution in [0.15, 0.2) is 34.9 Å². The van der Waals surface area contributed by atoms with Gasteiger partial charge in [-0.3, -0.25) is 23.9 Å². The van der Waals surface area contributed by atoms with Crippen molar-refractivity contribution in [3.63, 3.8) is 0 Å². The molecule has 3 aromatic rings. The molecule has 2 aromatic heterocycles. The second-order valence-electron chi connectivity index (χ2n) is 15.6. The van der Waals surface area contributed by atoms with Crippen LogP contribution in [-0.2, 0) is 30.8 Å². The van der Waals surface area contributed by atoms with Crippen LogP contribution in [0.25, 0.3) is 11.0 Å². The molecule has 18 heteroatoms. The van der Waals surface area contributed by atoms with Crippen molar-refractivity contribution in [1.82, 2.24) is 35.4 Å². The zero-order valence-corrected chi connectivity index (χ0v) is 31.7. The number of alkyl halides is 2. The van der Waals surface area contributed by atoms with Gasteiger partial charge in [0.1, 0.15) is 35.2 Å². The number of hydrogen-bond donors (Lipinski definition) is 3. The van der Waals surface area contributed by atoms with Gasteiger partial charge in [-0.05, 0) is 70.4 Å². The summed E-state index contributed by atoms with van der Waals surface area (Å²) >= 11 is 0. The lowest BCUT2D eigenvalue weighted by Gasteiger charge is -2.30. The number of amides is 4. The summed E-state index contributed by atoms with van der Waals surface area (Å²) < 4.78 is 69.4. The lowest BCUT2D eigenvalue weighted by Crippen LogP contribution is -2.58. The largest absolute Gasteiger partial charge is 0.471 e. The quantitative estimate of drug-likeness (QED) is 0.302. The van der Waals surface area contributed by atoms with Crippen LogP contribution in [0.3, 0.4) is 0 Å². The van der Waals surface area contributed by atoms with Gasteiger partial charge in [0.15, 0.2) is 5.69 Å². The molecule has 5 unspecified atom stereocenters. The van der Waals surface area contributed by atoms with Crippen molar-refractivity contribution in [3.8, 4) is 5.88 Å². The number of nitrogens with zero attached hydrogens (tertiary/aromatic N) is 4. The number of sulfonamides is 1. The Labute approximate surface area is 316 Å². The number of carbonyl (C=O) groups excluding carboxylic acids is 4. The number of rotatable bonds is 8. The Hall–Kier alpha value is -4.74. The SMILES string of the molecule is CCc1nc2ccccc2nc1OC1CC2C(=O)NC3(C(=O)NS(=O)(=O)C4(C)CC4)CC3CC(F)(F)CCCCCC(NC(=O)c3cc(C)on3)C(=O)N2C1. The third-order valence-electron chi connectivity index (χ3n) is 11.3. The number of para-hydroxylation sites is 2. The average Bonchev–Trinajstić information content (AvgIpc) is 3.92. The first-order valence-corrected chi connectivity index (χ1v) is 20.2. The smallest absolute Gasteiger partial charge is 0.274 e. The standard InChI is InChI=1S/C37H45F2N7O8S/c1-4-24-32(42-26-11-8-7-10-25(26)40-24)53-23-17-29-31(48)43-37(34(50)45-55(51,52)35(3)14-15-35)19-22(37)18-36(38,39)13-9-5-6-12-27(33(49)46(29)20-23)41-30(47)28-16-21(2)54-44-28/h7-8,10-11,16,22-23,27,29H,4-6,9,12-15,17-20H2,1-3H3,(H,41,47)(H,43,48)(H,45,50). The number of hydrogen-bond acceptors (Lipinski definition) is 11. The highest BCUT2D eigenvalue weighted by Crippen LogP contribution is 2.51. The van der Waals surface area contributed by atoms with Gasteiger partial charge in [0.25, 0.3) is 11.8 Å². The predicted octanol–water partition coefficient (Wildman–Crippen LogP) is 3.50. The van der Waals surface area contributed by atoms with Gasteiger partial charge >= 0.3 is 0 Å².